The highest BCUT2D eigenvalue weighted by Crippen LogP contribution is 2.25. The summed E-state index contributed by atoms with van der Waals surface area (Å²) in [6.07, 6.45) is 0. The summed E-state index contributed by atoms with van der Waals surface area (Å²) in [6, 6.07) is 13.5. The molecule has 0 aromatic heterocycles. The summed E-state index contributed by atoms with van der Waals surface area (Å²) in [5.41, 5.74) is 3.39. The van der Waals surface area contributed by atoms with E-state index in [0.717, 1.165) is 21.8 Å². The minimum absolute atomic E-state index is 0.256. The molecule has 0 aliphatic carbocycles. The summed E-state index contributed by atoms with van der Waals surface area (Å²) >= 11 is 0. The third-order valence-corrected chi connectivity index (χ3v) is 4.54. The van der Waals surface area contributed by atoms with Crippen molar-refractivity contribution in [3.63, 3.8) is 0 Å². The van der Waals surface area contributed by atoms with Crippen LogP contribution in [0.4, 0.5) is 0 Å². The monoisotopic (exact) mass is 300 g/mol. The van der Waals surface area contributed by atoms with E-state index in [4.69, 9.17) is 4.74 Å². The number of ether oxygens (including phenoxy) is 1. The maximum atomic E-state index is 12.3. The summed E-state index contributed by atoms with van der Waals surface area (Å²) in [7, 11) is -1.24. The molecule has 2 aromatic carbocycles. The first-order chi connectivity index (χ1) is 9.99. The van der Waals surface area contributed by atoms with E-state index < -0.39 is 10.8 Å². The van der Waals surface area contributed by atoms with Crippen molar-refractivity contribution < 1.29 is 8.95 Å². The predicted octanol–water partition coefficient (Wildman–Crippen LogP) is 4.31. The molecule has 0 aliphatic rings. The molecule has 1 unspecified atom stereocenters. The Bertz CT molecular complexity index is 652. The second-order valence-electron chi connectivity index (χ2n) is 5.14. The van der Waals surface area contributed by atoms with E-state index in [-0.39, 0.29) is 6.61 Å². The van der Waals surface area contributed by atoms with Gasteiger partial charge in [-0.3, -0.25) is 0 Å². The summed E-state index contributed by atoms with van der Waals surface area (Å²) in [4.78, 5) is 1.32. The molecule has 110 valence electrons. The standard InChI is InChI=1S/C18H20O2S/c1-13-10-14(2)18(15(3)11-13)20-12-16(4)21(19)17-8-6-5-7-9-17/h5-11H,4,12H2,1-3H3. The predicted molar refractivity (Wildman–Crippen MR) is 88.1 cm³/mol. The van der Waals surface area contributed by atoms with Crippen molar-refractivity contribution in [3.05, 3.63) is 70.6 Å². The molecule has 0 saturated carbocycles. The van der Waals surface area contributed by atoms with Gasteiger partial charge in [-0.05, 0) is 44.0 Å². The van der Waals surface area contributed by atoms with Crippen molar-refractivity contribution >= 4 is 10.8 Å². The Balaban J connectivity index is 2.07. The van der Waals surface area contributed by atoms with E-state index in [1.165, 1.54) is 5.56 Å². The number of hydrogen-bond acceptors (Lipinski definition) is 2. The summed E-state index contributed by atoms with van der Waals surface area (Å²) in [6.45, 7) is 10.3. The average Bonchev–Trinajstić information content (AvgIpc) is 2.46. The molecule has 0 N–H and O–H groups in total. The van der Waals surface area contributed by atoms with Gasteiger partial charge in [0.2, 0.25) is 0 Å². The van der Waals surface area contributed by atoms with Crippen LogP contribution in [0, 0.1) is 20.8 Å². The van der Waals surface area contributed by atoms with Gasteiger partial charge in [0.1, 0.15) is 12.4 Å². The highest BCUT2D eigenvalue weighted by molar-refractivity contribution is 7.89. The first-order valence-electron chi connectivity index (χ1n) is 6.84. The van der Waals surface area contributed by atoms with Crippen LogP contribution in [0.5, 0.6) is 5.75 Å². The Morgan fingerprint density at radius 3 is 2.24 bits per heavy atom. The van der Waals surface area contributed by atoms with Crippen LogP contribution in [0.1, 0.15) is 16.7 Å². The summed E-state index contributed by atoms with van der Waals surface area (Å²) in [5.74, 6) is 0.854. The van der Waals surface area contributed by atoms with Crippen molar-refractivity contribution in [2.45, 2.75) is 25.7 Å². The van der Waals surface area contributed by atoms with Gasteiger partial charge in [0.25, 0.3) is 0 Å². The SMILES string of the molecule is C=C(COc1c(C)cc(C)cc1C)S(=O)c1ccccc1. The van der Waals surface area contributed by atoms with Crippen LogP contribution in [0.25, 0.3) is 0 Å². The van der Waals surface area contributed by atoms with Crippen molar-refractivity contribution in [2.24, 2.45) is 0 Å². The third-order valence-electron chi connectivity index (χ3n) is 3.20. The second-order valence-corrected chi connectivity index (χ2v) is 6.72. The maximum Gasteiger partial charge on any atom is 0.125 e. The molecule has 2 aromatic rings. The molecule has 0 bridgehead atoms. The fourth-order valence-electron chi connectivity index (χ4n) is 2.31. The highest BCUT2D eigenvalue weighted by Gasteiger charge is 2.11. The normalized spacial score (nSPS) is 12.0. The molecule has 2 rings (SSSR count). The van der Waals surface area contributed by atoms with Crippen molar-refractivity contribution in [3.8, 4) is 5.75 Å². The van der Waals surface area contributed by atoms with E-state index >= 15 is 0 Å². The van der Waals surface area contributed by atoms with E-state index in [1.807, 2.05) is 44.2 Å². The maximum absolute atomic E-state index is 12.3. The van der Waals surface area contributed by atoms with Gasteiger partial charge in [-0.1, -0.05) is 42.5 Å². The minimum Gasteiger partial charge on any atom is -0.488 e. The summed E-state index contributed by atoms with van der Waals surface area (Å²) < 4.78 is 18.2. The van der Waals surface area contributed by atoms with E-state index in [9.17, 15) is 4.21 Å². The Morgan fingerprint density at radius 2 is 1.67 bits per heavy atom. The fraction of sp³-hybridized carbons (Fsp3) is 0.222. The molecule has 3 heteroatoms. The van der Waals surface area contributed by atoms with E-state index in [2.05, 4.69) is 25.6 Å². The van der Waals surface area contributed by atoms with E-state index in [0.29, 0.717) is 4.91 Å². The van der Waals surface area contributed by atoms with Gasteiger partial charge in [-0.2, -0.15) is 0 Å². The molecule has 21 heavy (non-hydrogen) atoms. The van der Waals surface area contributed by atoms with Gasteiger partial charge in [0.05, 0.1) is 15.7 Å². The smallest absolute Gasteiger partial charge is 0.125 e. The van der Waals surface area contributed by atoms with Gasteiger partial charge < -0.3 is 4.74 Å². The van der Waals surface area contributed by atoms with Crippen LogP contribution in [0.15, 0.2) is 58.8 Å². The molecule has 0 radical (unpaired) electrons. The number of aryl methyl sites for hydroxylation is 3. The number of benzene rings is 2. The average molecular weight is 300 g/mol. The van der Waals surface area contributed by atoms with Crippen LogP contribution in [-0.2, 0) is 10.8 Å². The zero-order valence-corrected chi connectivity index (χ0v) is 13.5. The van der Waals surface area contributed by atoms with Gasteiger partial charge in [-0.15, -0.1) is 0 Å². The van der Waals surface area contributed by atoms with Crippen LogP contribution >= 0.6 is 0 Å². The zero-order valence-electron chi connectivity index (χ0n) is 12.7. The molecule has 0 fully saturated rings. The van der Waals surface area contributed by atoms with Gasteiger partial charge in [0, 0.05) is 4.90 Å². The lowest BCUT2D eigenvalue weighted by atomic mass is 10.1. The van der Waals surface area contributed by atoms with E-state index in [1.54, 1.807) is 0 Å². The molecule has 0 spiro atoms. The first kappa shape index (κ1) is 15.5. The lowest BCUT2D eigenvalue weighted by Crippen LogP contribution is -2.07. The minimum atomic E-state index is -1.24. The molecular formula is C18H20O2S. The molecule has 0 heterocycles. The van der Waals surface area contributed by atoms with Gasteiger partial charge in [0.15, 0.2) is 0 Å². The third kappa shape index (κ3) is 3.82. The van der Waals surface area contributed by atoms with Gasteiger partial charge in [-0.25, -0.2) is 4.21 Å². The topological polar surface area (TPSA) is 26.3 Å². The largest absolute Gasteiger partial charge is 0.488 e. The summed E-state index contributed by atoms with van der Waals surface area (Å²) in [5, 5.41) is 0. The van der Waals surface area contributed by atoms with Gasteiger partial charge >= 0.3 is 0 Å². The molecule has 1 atom stereocenters. The highest BCUT2D eigenvalue weighted by atomic mass is 32.2. The molecule has 0 saturated heterocycles. The van der Waals surface area contributed by atoms with Crippen LogP contribution in [0.2, 0.25) is 0 Å². The first-order valence-corrected chi connectivity index (χ1v) is 7.99. The quantitative estimate of drug-likeness (QED) is 0.822. The Labute approximate surface area is 128 Å². The van der Waals surface area contributed by atoms with Crippen LogP contribution < -0.4 is 4.74 Å². The number of rotatable bonds is 5. The molecule has 2 nitrogen and oxygen atoms in total. The second kappa shape index (κ2) is 6.72. The number of hydrogen-bond donors (Lipinski definition) is 0. The van der Waals surface area contributed by atoms with Crippen LogP contribution in [-0.4, -0.2) is 10.8 Å². The lowest BCUT2D eigenvalue weighted by Gasteiger charge is -2.14. The lowest BCUT2D eigenvalue weighted by molar-refractivity contribution is 0.354. The Hall–Kier alpha value is -1.87. The Morgan fingerprint density at radius 1 is 1.10 bits per heavy atom. The molecule has 0 amide bonds. The zero-order chi connectivity index (χ0) is 15.4. The van der Waals surface area contributed by atoms with Crippen molar-refractivity contribution in [1.82, 2.24) is 0 Å². The molecular weight excluding hydrogens is 280 g/mol. The van der Waals surface area contributed by atoms with Crippen molar-refractivity contribution in [2.75, 3.05) is 6.61 Å². The fourth-order valence-corrected chi connectivity index (χ4v) is 3.22. The van der Waals surface area contributed by atoms with Crippen molar-refractivity contribution in [1.29, 1.82) is 0 Å². The molecule has 0 aliphatic heterocycles. The van der Waals surface area contributed by atoms with Crippen LogP contribution in [0.3, 0.4) is 0 Å². The Kier molecular flexibility index (Phi) is 4.97.